The number of benzene rings is 1. The number of ether oxygens (including phenoxy) is 3. The summed E-state index contributed by atoms with van der Waals surface area (Å²) >= 11 is 11.0. The van der Waals surface area contributed by atoms with Crippen LogP contribution in [0.2, 0.25) is 5.02 Å². The SMILES string of the molecule is CNC(=S)OCC(COc1noc2ccc(Cl)cc12)NC(=O)OC(C)(C)C. The average Bonchev–Trinajstić information content (AvgIpc) is 2.97. The quantitative estimate of drug-likeness (QED) is 0.694. The van der Waals surface area contributed by atoms with Crippen LogP contribution < -0.4 is 15.4 Å². The van der Waals surface area contributed by atoms with Gasteiger partial charge in [-0.15, -0.1) is 0 Å². The Morgan fingerprint density at radius 2 is 2.11 bits per heavy atom. The molecule has 8 nitrogen and oxygen atoms in total. The highest BCUT2D eigenvalue weighted by Gasteiger charge is 2.22. The van der Waals surface area contributed by atoms with Gasteiger partial charge in [0.1, 0.15) is 24.9 Å². The molecule has 27 heavy (non-hydrogen) atoms. The minimum Gasteiger partial charge on any atom is -0.473 e. The second-order valence-corrected chi connectivity index (χ2v) is 7.44. The van der Waals surface area contributed by atoms with Crippen LogP contribution in [0.5, 0.6) is 5.88 Å². The fourth-order valence-electron chi connectivity index (χ4n) is 2.03. The number of halogens is 1. The summed E-state index contributed by atoms with van der Waals surface area (Å²) < 4.78 is 21.5. The standard InChI is InChI=1S/C17H22ClN3O5S/c1-17(2,3)25-15(22)20-11(9-24-16(27)19-4)8-23-14-12-7-10(18)5-6-13(12)26-21-14/h5-7,11H,8-9H2,1-4H3,(H,19,27)(H,20,22). The molecule has 1 unspecified atom stereocenters. The number of hydrogen-bond donors (Lipinski definition) is 2. The van der Waals surface area contributed by atoms with Gasteiger partial charge in [0, 0.05) is 12.1 Å². The zero-order chi connectivity index (χ0) is 20.0. The van der Waals surface area contributed by atoms with E-state index in [9.17, 15) is 4.79 Å². The summed E-state index contributed by atoms with van der Waals surface area (Å²) in [6.07, 6.45) is -0.594. The summed E-state index contributed by atoms with van der Waals surface area (Å²) in [7, 11) is 1.64. The molecule has 10 heteroatoms. The fraction of sp³-hybridized carbons (Fsp3) is 0.471. The maximum atomic E-state index is 12.1. The Morgan fingerprint density at radius 3 is 2.78 bits per heavy atom. The molecule has 0 saturated heterocycles. The van der Waals surface area contributed by atoms with Crippen LogP contribution in [0.15, 0.2) is 22.7 Å². The van der Waals surface area contributed by atoms with Crippen LogP contribution in [0, 0.1) is 0 Å². The molecule has 0 aliphatic heterocycles. The largest absolute Gasteiger partial charge is 0.473 e. The molecule has 1 aromatic carbocycles. The Balaban J connectivity index is 2.04. The molecule has 0 aliphatic carbocycles. The predicted molar refractivity (Wildman–Crippen MR) is 105 cm³/mol. The Bertz CT molecular complexity index is 805. The molecule has 1 amide bonds. The molecule has 0 bridgehead atoms. The second-order valence-electron chi connectivity index (χ2n) is 6.63. The molecule has 2 rings (SSSR count). The van der Waals surface area contributed by atoms with Gasteiger partial charge in [-0.25, -0.2) is 4.79 Å². The third-order valence-electron chi connectivity index (χ3n) is 3.16. The normalized spacial score (nSPS) is 12.3. The van der Waals surface area contributed by atoms with Crippen molar-refractivity contribution >= 4 is 46.1 Å². The van der Waals surface area contributed by atoms with E-state index in [1.54, 1.807) is 46.0 Å². The number of alkyl carbamates (subject to hydrolysis) is 1. The topological polar surface area (TPSA) is 94.9 Å². The van der Waals surface area contributed by atoms with Gasteiger partial charge < -0.3 is 29.4 Å². The lowest BCUT2D eigenvalue weighted by atomic mass is 10.2. The molecular formula is C17H22ClN3O5S. The monoisotopic (exact) mass is 415 g/mol. The number of fused-ring (bicyclic) bond motifs is 1. The van der Waals surface area contributed by atoms with E-state index >= 15 is 0 Å². The van der Waals surface area contributed by atoms with Crippen molar-refractivity contribution in [2.45, 2.75) is 32.4 Å². The van der Waals surface area contributed by atoms with Crippen molar-refractivity contribution in [3.8, 4) is 5.88 Å². The Morgan fingerprint density at radius 1 is 1.37 bits per heavy atom. The number of hydrogen-bond acceptors (Lipinski definition) is 7. The van der Waals surface area contributed by atoms with Crippen molar-refractivity contribution in [3.05, 3.63) is 23.2 Å². The number of thiocarbonyl (C=S) groups is 1. The molecule has 1 aromatic heterocycles. The summed E-state index contributed by atoms with van der Waals surface area (Å²) in [5.41, 5.74) is -0.0889. The summed E-state index contributed by atoms with van der Waals surface area (Å²) in [4.78, 5) is 12.1. The molecule has 0 saturated carbocycles. The third-order valence-corrected chi connectivity index (χ3v) is 3.72. The van der Waals surface area contributed by atoms with Crippen molar-refractivity contribution in [1.29, 1.82) is 0 Å². The average molecular weight is 416 g/mol. The first-order valence-corrected chi connectivity index (χ1v) is 8.98. The highest BCUT2D eigenvalue weighted by molar-refractivity contribution is 7.80. The van der Waals surface area contributed by atoms with Crippen LogP contribution in [-0.2, 0) is 9.47 Å². The van der Waals surface area contributed by atoms with Crippen LogP contribution >= 0.6 is 23.8 Å². The van der Waals surface area contributed by atoms with Gasteiger partial charge in [-0.3, -0.25) is 0 Å². The minimum atomic E-state index is -0.629. The van der Waals surface area contributed by atoms with Crippen LogP contribution in [0.1, 0.15) is 20.8 Å². The van der Waals surface area contributed by atoms with E-state index < -0.39 is 17.7 Å². The van der Waals surface area contributed by atoms with Crippen molar-refractivity contribution in [1.82, 2.24) is 15.8 Å². The van der Waals surface area contributed by atoms with Gasteiger partial charge in [-0.2, -0.15) is 0 Å². The number of amides is 1. The lowest BCUT2D eigenvalue weighted by Gasteiger charge is -2.23. The molecule has 0 aliphatic rings. The van der Waals surface area contributed by atoms with Gasteiger partial charge in [0.05, 0.1) is 5.39 Å². The van der Waals surface area contributed by atoms with Gasteiger partial charge in [0.2, 0.25) is 0 Å². The summed E-state index contributed by atoms with van der Waals surface area (Å²) in [6.45, 7) is 5.46. The summed E-state index contributed by atoms with van der Waals surface area (Å²) in [5.74, 6) is 0.264. The molecular weight excluding hydrogens is 394 g/mol. The lowest BCUT2D eigenvalue weighted by molar-refractivity contribution is 0.0460. The number of nitrogens with zero attached hydrogens (tertiary/aromatic N) is 1. The van der Waals surface area contributed by atoms with Crippen molar-refractivity contribution in [2.75, 3.05) is 20.3 Å². The molecule has 2 N–H and O–H groups in total. The van der Waals surface area contributed by atoms with Crippen LogP contribution in [0.3, 0.4) is 0 Å². The number of carbonyl (C=O) groups excluding carboxylic acids is 1. The number of aromatic nitrogens is 1. The maximum absolute atomic E-state index is 12.1. The molecule has 0 fully saturated rings. The molecule has 2 aromatic rings. The maximum Gasteiger partial charge on any atom is 0.408 e. The van der Waals surface area contributed by atoms with E-state index in [2.05, 4.69) is 15.8 Å². The van der Waals surface area contributed by atoms with Crippen LogP contribution in [0.25, 0.3) is 11.0 Å². The first-order valence-electron chi connectivity index (χ1n) is 8.19. The zero-order valence-corrected chi connectivity index (χ0v) is 17.1. The fourth-order valence-corrected chi connectivity index (χ4v) is 2.27. The van der Waals surface area contributed by atoms with E-state index in [4.69, 9.17) is 42.6 Å². The van der Waals surface area contributed by atoms with Crippen LogP contribution in [-0.4, -0.2) is 48.3 Å². The van der Waals surface area contributed by atoms with Gasteiger partial charge >= 0.3 is 6.09 Å². The molecule has 0 spiro atoms. The van der Waals surface area contributed by atoms with E-state index in [0.717, 1.165) is 0 Å². The number of nitrogens with one attached hydrogen (secondary N) is 2. The summed E-state index contributed by atoms with van der Waals surface area (Å²) in [5, 5.41) is 10.6. The molecule has 0 radical (unpaired) electrons. The molecule has 148 valence electrons. The van der Waals surface area contributed by atoms with Gasteiger partial charge in [-0.05, 0) is 56.3 Å². The van der Waals surface area contributed by atoms with E-state index in [-0.39, 0.29) is 24.3 Å². The van der Waals surface area contributed by atoms with Crippen molar-refractivity contribution in [2.24, 2.45) is 0 Å². The number of carbonyl (C=O) groups is 1. The van der Waals surface area contributed by atoms with Gasteiger partial charge in [0.25, 0.3) is 11.1 Å². The first kappa shape index (κ1) is 21.0. The van der Waals surface area contributed by atoms with Gasteiger partial charge in [-0.1, -0.05) is 11.6 Å². The Labute approximate surface area is 167 Å². The van der Waals surface area contributed by atoms with E-state index in [1.807, 2.05) is 0 Å². The lowest BCUT2D eigenvalue weighted by Crippen LogP contribution is -2.45. The second kappa shape index (κ2) is 9.09. The van der Waals surface area contributed by atoms with Crippen molar-refractivity contribution < 1.29 is 23.5 Å². The highest BCUT2D eigenvalue weighted by Crippen LogP contribution is 2.27. The molecule has 1 atom stereocenters. The van der Waals surface area contributed by atoms with E-state index in [0.29, 0.717) is 16.0 Å². The highest BCUT2D eigenvalue weighted by atomic mass is 35.5. The Kier molecular flexibility index (Phi) is 7.09. The minimum absolute atomic E-state index is 0.0553. The van der Waals surface area contributed by atoms with E-state index in [1.165, 1.54) is 0 Å². The van der Waals surface area contributed by atoms with Crippen LogP contribution in [0.4, 0.5) is 4.79 Å². The molecule has 1 heterocycles. The smallest absolute Gasteiger partial charge is 0.408 e. The van der Waals surface area contributed by atoms with Crippen molar-refractivity contribution in [3.63, 3.8) is 0 Å². The Hall–Kier alpha value is -2.26. The summed E-state index contributed by atoms with van der Waals surface area (Å²) in [6, 6.07) is 4.53. The first-order chi connectivity index (χ1) is 12.7. The number of rotatable bonds is 6. The van der Waals surface area contributed by atoms with Gasteiger partial charge in [0.15, 0.2) is 5.58 Å². The predicted octanol–water partition coefficient (Wildman–Crippen LogP) is 3.27. The third kappa shape index (κ3) is 6.76. The zero-order valence-electron chi connectivity index (χ0n) is 15.5.